The Kier molecular flexibility index (Phi) is 3.59. The number of hydrogen-bond acceptors (Lipinski definition) is 4. The lowest BCUT2D eigenvalue weighted by Gasteiger charge is -2.17. The molecule has 6 heteroatoms. The van der Waals surface area contributed by atoms with Crippen LogP contribution in [0.15, 0.2) is 18.2 Å². The number of aromatic hydroxyl groups is 1. The number of amides is 2. The lowest BCUT2D eigenvalue weighted by Crippen LogP contribution is -2.39. The minimum atomic E-state index is -0.434. The summed E-state index contributed by atoms with van der Waals surface area (Å²) in [5.74, 6) is -0.876. The van der Waals surface area contributed by atoms with Crippen LogP contribution in [0.4, 0.5) is 5.69 Å². The van der Waals surface area contributed by atoms with Crippen LogP contribution in [0.3, 0.4) is 0 Å². The van der Waals surface area contributed by atoms with Crippen molar-refractivity contribution < 1.29 is 14.7 Å². The van der Waals surface area contributed by atoms with E-state index in [1.807, 2.05) is 0 Å². The van der Waals surface area contributed by atoms with E-state index in [-0.39, 0.29) is 35.5 Å². The molecule has 1 aromatic carbocycles. The summed E-state index contributed by atoms with van der Waals surface area (Å²) in [6, 6.07) is 4.83. The Hall–Kier alpha value is -2.24. The first-order chi connectivity index (χ1) is 8.99. The Balaban J connectivity index is 2.01. The smallest absolute Gasteiger partial charge is 0.257 e. The minimum Gasteiger partial charge on any atom is -0.505 e. The number of phenols is 1. The Morgan fingerprint density at radius 1 is 1.47 bits per heavy atom. The lowest BCUT2D eigenvalue weighted by molar-refractivity contribution is -0.121. The van der Waals surface area contributed by atoms with E-state index in [1.165, 1.54) is 24.1 Å². The van der Waals surface area contributed by atoms with Gasteiger partial charge < -0.3 is 21.1 Å². The summed E-state index contributed by atoms with van der Waals surface area (Å²) in [6.07, 6.45) is 2.00. The highest BCUT2D eigenvalue weighted by Gasteiger charge is 2.25. The van der Waals surface area contributed by atoms with Crippen molar-refractivity contribution in [3.8, 4) is 5.75 Å². The number of nitrogens with one attached hydrogen (secondary N) is 1. The van der Waals surface area contributed by atoms with Gasteiger partial charge in [0.1, 0.15) is 0 Å². The highest BCUT2D eigenvalue weighted by Crippen LogP contribution is 2.25. The normalized spacial score (nSPS) is 13.9. The molecule has 2 amide bonds. The molecule has 0 aliphatic heterocycles. The van der Waals surface area contributed by atoms with E-state index in [2.05, 4.69) is 5.32 Å². The average molecular weight is 263 g/mol. The first kappa shape index (κ1) is 13.2. The summed E-state index contributed by atoms with van der Waals surface area (Å²) in [5.41, 5.74) is 5.77. The maximum atomic E-state index is 12.1. The maximum absolute atomic E-state index is 12.1. The number of carbonyl (C=O) groups is 2. The highest BCUT2D eigenvalue weighted by molar-refractivity contribution is 5.99. The first-order valence-electron chi connectivity index (χ1n) is 6.11. The van der Waals surface area contributed by atoms with Crippen molar-refractivity contribution in [3.63, 3.8) is 0 Å². The van der Waals surface area contributed by atoms with Gasteiger partial charge in [-0.3, -0.25) is 9.59 Å². The van der Waals surface area contributed by atoms with Gasteiger partial charge in [-0.05, 0) is 25.0 Å². The molecule has 4 N–H and O–H groups in total. The molecule has 0 bridgehead atoms. The number of benzene rings is 1. The molecule has 2 rings (SSSR count). The van der Waals surface area contributed by atoms with Gasteiger partial charge in [-0.15, -0.1) is 0 Å². The predicted molar refractivity (Wildman–Crippen MR) is 70.6 cm³/mol. The molecule has 0 aromatic heterocycles. The van der Waals surface area contributed by atoms with Crippen molar-refractivity contribution in [1.82, 2.24) is 10.2 Å². The SMILES string of the molecule is CN(CC(=O)NC1CC1)C(=O)c1cccc(N)c1O. The van der Waals surface area contributed by atoms with Crippen molar-refractivity contribution in [1.29, 1.82) is 0 Å². The Bertz CT molecular complexity index is 512. The lowest BCUT2D eigenvalue weighted by atomic mass is 10.1. The van der Waals surface area contributed by atoms with E-state index in [0.29, 0.717) is 0 Å². The van der Waals surface area contributed by atoms with Crippen LogP contribution in [0.2, 0.25) is 0 Å². The number of nitrogens with zero attached hydrogens (tertiary/aromatic N) is 1. The molecule has 1 saturated carbocycles. The Morgan fingerprint density at radius 2 is 2.16 bits per heavy atom. The Labute approximate surface area is 111 Å². The first-order valence-corrected chi connectivity index (χ1v) is 6.11. The summed E-state index contributed by atoms with van der Waals surface area (Å²) in [6.45, 7) is -0.0381. The van der Waals surface area contributed by atoms with Crippen molar-refractivity contribution >= 4 is 17.5 Å². The molecule has 0 heterocycles. The van der Waals surface area contributed by atoms with Crippen LogP contribution in [0.5, 0.6) is 5.75 Å². The number of nitrogens with two attached hydrogens (primary N) is 1. The van der Waals surface area contributed by atoms with E-state index in [0.717, 1.165) is 12.8 Å². The molecule has 102 valence electrons. The predicted octanol–water partition coefficient (Wildman–Crippen LogP) is 0.325. The van der Waals surface area contributed by atoms with Gasteiger partial charge in [-0.2, -0.15) is 0 Å². The van der Waals surface area contributed by atoms with Crippen molar-refractivity contribution in [2.75, 3.05) is 19.3 Å². The van der Waals surface area contributed by atoms with Gasteiger partial charge in [0.15, 0.2) is 5.75 Å². The van der Waals surface area contributed by atoms with E-state index in [1.54, 1.807) is 6.07 Å². The molecule has 19 heavy (non-hydrogen) atoms. The number of hydrogen-bond donors (Lipinski definition) is 3. The fourth-order valence-corrected chi connectivity index (χ4v) is 1.73. The molecule has 0 unspecified atom stereocenters. The topological polar surface area (TPSA) is 95.7 Å². The molecule has 1 aliphatic carbocycles. The second-order valence-electron chi connectivity index (χ2n) is 4.75. The number of anilines is 1. The standard InChI is InChI=1S/C13H17N3O3/c1-16(7-11(17)15-8-5-6-8)13(19)9-3-2-4-10(14)12(9)18/h2-4,8,18H,5-7,14H2,1H3,(H,15,17). The van der Waals surface area contributed by atoms with Gasteiger partial charge in [0.25, 0.3) is 5.91 Å². The van der Waals surface area contributed by atoms with Gasteiger partial charge in [0.2, 0.25) is 5.91 Å². The van der Waals surface area contributed by atoms with Gasteiger partial charge in [-0.25, -0.2) is 0 Å². The molecule has 0 spiro atoms. The van der Waals surface area contributed by atoms with Crippen molar-refractivity contribution in [2.24, 2.45) is 0 Å². The quantitative estimate of drug-likeness (QED) is 0.538. The van der Waals surface area contributed by atoms with Crippen molar-refractivity contribution in [2.45, 2.75) is 18.9 Å². The number of phenolic OH excluding ortho intramolecular Hbond substituents is 1. The molecule has 6 nitrogen and oxygen atoms in total. The van der Waals surface area contributed by atoms with Crippen LogP contribution >= 0.6 is 0 Å². The zero-order chi connectivity index (χ0) is 14.0. The molecule has 0 atom stereocenters. The largest absolute Gasteiger partial charge is 0.505 e. The van der Waals surface area contributed by atoms with Crippen LogP contribution in [0.25, 0.3) is 0 Å². The van der Waals surface area contributed by atoms with Crippen LogP contribution in [0, 0.1) is 0 Å². The minimum absolute atomic E-state index is 0.0381. The number of likely N-dealkylation sites (N-methyl/N-ethyl adjacent to an activating group) is 1. The molecule has 1 aliphatic rings. The molecule has 1 aromatic rings. The van der Waals surface area contributed by atoms with Crippen LogP contribution < -0.4 is 11.1 Å². The number of nitrogen functional groups attached to an aromatic ring is 1. The summed E-state index contributed by atoms with van der Waals surface area (Å²) >= 11 is 0. The van der Waals surface area contributed by atoms with Gasteiger partial charge >= 0.3 is 0 Å². The van der Waals surface area contributed by atoms with E-state index in [9.17, 15) is 14.7 Å². The van der Waals surface area contributed by atoms with Gasteiger partial charge in [0, 0.05) is 13.1 Å². The third-order valence-electron chi connectivity index (χ3n) is 2.97. The van der Waals surface area contributed by atoms with Crippen LogP contribution in [-0.4, -0.2) is 41.5 Å². The molecule has 0 saturated heterocycles. The third kappa shape index (κ3) is 3.15. The highest BCUT2D eigenvalue weighted by atomic mass is 16.3. The average Bonchev–Trinajstić information content (AvgIpc) is 3.15. The summed E-state index contributed by atoms with van der Waals surface area (Å²) in [4.78, 5) is 24.9. The monoisotopic (exact) mass is 263 g/mol. The molecule has 0 radical (unpaired) electrons. The van der Waals surface area contributed by atoms with E-state index in [4.69, 9.17) is 5.73 Å². The zero-order valence-corrected chi connectivity index (χ0v) is 10.7. The Morgan fingerprint density at radius 3 is 2.79 bits per heavy atom. The van der Waals surface area contributed by atoms with Crippen LogP contribution in [-0.2, 0) is 4.79 Å². The summed E-state index contributed by atoms with van der Waals surface area (Å²) in [5, 5.41) is 12.5. The number of carbonyl (C=O) groups excluding carboxylic acids is 2. The molecular formula is C13H17N3O3. The molecule has 1 fully saturated rings. The van der Waals surface area contributed by atoms with E-state index < -0.39 is 5.91 Å². The molecular weight excluding hydrogens is 246 g/mol. The fourth-order valence-electron chi connectivity index (χ4n) is 1.73. The summed E-state index contributed by atoms with van der Waals surface area (Å²) < 4.78 is 0. The second-order valence-corrected chi connectivity index (χ2v) is 4.75. The maximum Gasteiger partial charge on any atom is 0.257 e. The summed E-state index contributed by atoms with van der Waals surface area (Å²) in [7, 11) is 1.51. The van der Waals surface area contributed by atoms with Gasteiger partial charge in [0.05, 0.1) is 17.8 Å². The number of rotatable bonds is 4. The second kappa shape index (κ2) is 5.17. The van der Waals surface area contributed by atoms with Gasteiger partial charge in [-0.1, -0.05) is 6.07 Å². The third-order valence-corrected chi connectivity index (χ3v) is 2.97. The number of para-hydroxylation sites is 1. The zero-order valence-electron chi connectivity index (χ0n) is 10.7. The van der Waals surface area contributed by atoms with E-state index >= 15 is 0 Å². The van der Waals surface area contributed by atoms with Crippen molar-refractivity contribution in [3.05, 3.63) is 23.8 Å². The van der Waals surface area contributed by atoms with Crippen LogP contribution in [0.1, 0.15) is 23.2 Å². The fraction of sp³-hybridized carbons (Fsp3) is 0.385.